The van der Waals surface area contributed by atoms with Gasteiger partial charge in [0.2, 0.25) is 0 Å². The highest BCUT2D eigenvalue weighted by atomic mass is 32.1. The molecule has 0 N–H and O–H groups in total. The fraction of sp³-hybridized carbons (Fsp3) is 0.211. The van der Waals surface area contributed by atoms with Crippen LogP contribution >= 0.6 is 11.3 Å². The summed E-state index contributed by atoms with van der Waals surface area (Å²) in [5.74, 6) is 1.26. The monoisotopic (exact) mass is 367 g/mol. The van der Waals surface area contributed by atoms with Crippen LogP contribution in [0.5, 0.6) is 11.5 Å². The van der Waals surface area contributed by atoms with Gasteiger partial charge >= 0.3 is 0 Å². The quantitative estimate of drug-likeness (QED) is 0.543. The second-order valence-corrected chi connectivity index (χ2v) is 6.59. The Labute approximate surface area is 153 Å². The first-order chi connectivity index (χ1) is 12.7. The molecular formula is C19H17N3O3S. The molecule has 7 heteroatoms. The van der Waals surface area contributed by atoms with Gasteiger partial charge < -0.3 is 9.47 Å². The van der Waals surface area contributed by atoms with E-state index in [1.807, 2.05) is 44.2 Å². The van der Waals surface area contributed by atoms with Crippen LogP contribution in [0.4, 0.5) is 0 Å². The zero-order valence-corrected chi connectivity index (χ0v) is 15.2. The minimum absolute atomic E-state index is 0.0945. The van der Waals surface area contributed by atoms with Crippen molar-refractivity contribution in [2.45, 2.75) is 13.8 Å². The number of ether oxygens (including phenoxy) is 2. The molecule has 6 nitrogen and oxygen atoms in total. The molecule has 0 spiro atoms. The van der Waals surface area contributed by atoms with Crippen LogP contribution in [0.1, 0.15) is 19.4 Å². The van der Waals surface area contributed by atoms with Crippen molar-refractivity contribution >= 4 is 33.4 Å². The molecule has 4 rings (SSSR count). The number of rotatable bonds is 5. The maximum absolute atomic E-state index is 12.9. The largest absolute Gasteiger partial charge is 0.490 e. The number of aromatic nitrogens is 3. The van der Waals surface area contributed by atoms with E-state index in [-0.39, 0.29) is 5.56 Å². The molecule has 1 aromatic carbocycles. The molecule has 4 aromatic rings. The van der Waals surface area contributed by atoms with Crippen molar-refractivity contribution < 1.29 is 9.47 Å². The zero-order valence-electron chi connectivity index (χ0n) is 14.4. The number of benzene rings is 1. The van der Waals surface area contributed by atoms with Gasteiger partial charge in [0.1, 0.15) is 0 Å². The van der Waals surface area contributed by atoms with Gasteiger partial charge in [-0.2, -0.15) is 0 Å². The molecule has 0 radical (unpaired) electrons. The van der Waals surface area contributed by atoms with E-state index >= 15 is 0 Å². The second kappa shape index (κ2) is 6.76. The molecule has 0 unspecified atom stereocenters. The number of pyridine rings is 1. The minimum Gasteiger partial charge on any atom is -0.490 e. The van der Waals surface area contributed by atoms with Crippen molar-refractivity contribution in [2.75, 3.05) is 13.2 Å². The van der Waals surface area contributed by atoms with E-state index in [0.717, 1.165) is 11.1 Å². The number of thiazole rings is 1. The van der Waals surface area contributed by atoms with Gasteiger partial charge in [0.25, 0.3) is 5.56 Å². The lowest BCUT2D eigenvalue weighted by atomic mass is 10.2. The number of nitrogens with zero attached hydrogens (tertiary/aromatic N) is 3. The third-order valence-electron chi connectivity index (χ3n) is 3.89. The van der Waals surface area contributed by atoms with E-state index in [1.54, 1.807) is 16.8 Å². The van der Waals surface area contributed by atoms with Gasteiger partial charge in [-0.3, -0.25) is 9.78 Å². The lowest BCUT2D eigenvalue weighted by Gasteiger charge is -2.10. The van der Waals surface area contributed by atoms with E-state index in [9.17, 15) is 4.79 Å². The van der Waals surface area contributed by atoms with Crippen LogP contribution in [0.15, 0.2) is 41.5 Å². The lowest BCUT2D eigenvalue weighted by molar-refractivity contribution is 0.288. The molecule has 0 aliphatic rings. The van der Waals surface area contributed by atoms with Gasteiger partial charge in [0, 0.05) is 24.5 Å². The molecule has 0 saturated heterocycles. The fourth-order valence-electron chi connectivity index (χ4n) is 2.82. The molecule has 0 bridgehead atoms. The maximum Gasteiger partial charge on any atom is 0.274 e. The highest BCUT2D eigenvalue weighted by molar-refractivity contribution is 7.15. The van der Waals surface area contributed by atoms with Crippen LogP contribution in [0, 0.1) is 0 Å². The molecule has 132 valence electrons. The Hall–Kier alpha value is -2.93. The smallest absolute Gasteiger partial charge is 0.274 e. The van der Waals surface area contributed by atoms with Gasteiger partial charge in [-0.05, 0) is 31.6 Å². The van der Waals surface area contributed by atoms with Crippen LogP contribution in [0.3, 0.4) is 0 Å². The first kappa shape index (κ1) is 16.5. The Morgan fingerprint density at radius 1 is 1.19 bits per heavy atom. The number of hydrogen-bond acceptors (Lipinski definition) is 6. The average Bonchev–Trinajstić information content (AvgIpc) is 3.13. The number of hydrogen-bond donors (Lipinski definition) is 0. The molecule has 0 aliphatic carbocycles. The SMILES string of the molecule is CCOc1cc2nc3s/c(=C/c4cccnc4)c(=O)n3c2cc1OCC. The second-order valence-electron chi connectivity index (χ2n) is 5.59. The molecule has 0 aliphatic heterocycles. The maximum atomic E-state index is 12.9. The Bertz CT molecular complexity index is 1180. The zero-order chi connectivity index (χ0) is 18.1. The summed E-state index contributed by atoms with van der Waals surface area (Å²) in [6.45, 7) is 4.88. The van der Waals surface area contributed by atoms with E-state index in [2.05, 4.69) is 9.97 Å². The van der Waals surface area contributed by atoms with E-state index in [0.29, 0.717) is 39.7 Å². The minimum atomic E-state index is -0.0945. The molecular weight excluding hydrogens is 350 g/mol. The summed E-state index contributed by atoms with van der Waals surface area (Å²) in [6, 6.07) is 7.40. The van der Waals surface area contributed by atoms with Gasteiger partial charge in [-0.25, -0.2) is 9.38 Å². The Kier molecular flexibility index (Phi) is 4.30. The molecule has 0 fully saturated rings. The first-order valence-corrected chi connectivity index (χ1v) is 9.19. The summed E-state index contributed by atoms with van der Waals surface area (Å²) in [4.78, 5) is 22.2. The molecule has 3 heterocycles. The lowest BCUT2D eigenvalue weighted by Crippen LogP contribution is -2.22. The summed E-state index contributed by atoms with van der Waals surface area (Å²) in [5, 5.41) is 0. The Balaban J connectivity index is 1.94. The van der Waals surface area contributed by atoms with Gasteiger partial charge in [0.05, 0.1) is 28.8 Å². The van der Waals surface area contributed by atoms with E-state index in [1.165, 1.54) is 11.3 Å². The topological polar surface area (TPSA) is 65.7 Å². The van der Waals surface area contributed by atoms with Crippen LogP contribution in [0.25, 0.3) is 22.1 Å². The van der Waals surface area contributed by atoms with Crippen molar-refractivity contribution in [3.8, 4) is 11.5 Å². The van der Waals surface area contributed by atoms with Crippen molar-refractivity contribution in [3.05, 3.63) is 57.1 Å². The van der Waals surface area contributed by atoms with Gasteiger partial charge in [-0.15, -0.1) is 0 Å². The van der Waals surface area contributed by atoms with Crippen molar-refractivity contribution in [1.29, 1.82) is 0 Å². The summed E-state index contributed by atoms with van der Waals surface area (Å²) < 4.78 is 13.6. The van der Waals surface area contributed by atoms with Crippen molar-refractivity contribution in [1.82, 2.24) is 14.4 Å². The third-order valence-corrected chi connectivity index (χ3v) is 4.85. The van der Waals surface area contributed by atoms with Crippen LogP contribution in [-0.2, 0) is 0 Å². The summed E-state index contributed by atoms with van der Waals surface area (Å²) in [7, 11) is 0. The van der Waals surface area contributed by atoms with Crippen LogP contribution in [0.2, 0.25) is 0 Å². The molecule has 0 atom stereocenters. The van der Waals surface area contributed by atoms with E-state index in [4.69, 9.17) is 9.47 Å². The number of fused-ring (bicyclic) bond motifs is 3. The summed E-state index contributed by atoms with van der Waals surface area (Å²) in [5.41, 5.74) is 2.22. The first-order valence-electron chi connectivity index (χ1n) is 8.37. The summed E-state index contributed by atoms with van der Waals surface area (Å²) in [6.07, 6.45) is 5.26. The average molecular weight is 367 g/mol. The van der Waals surface area contributed by atoms with Crippen LogP contribution < -0.4 is 19.6 Å². The van der Waals surface area contributed by atoms with Crippen LogP contribution in [-0.4, -0.2) is 27.6 Å². The standard InChI is InChI=1S/C19H17N3O3S/c1-3-24-15-9-13-14(10-16(15)25-4-2)22-18(23)17(26-19(22)21-13)8-12-6-5-7-20-11-12/h5-11H,3-4H2,1-2H3/b17-8+. The summed E-state index contributed by atoms with van der Waals surface area (Å²) >= 11 is 1.36. The third kappa shape index (κ3) is 2.80. The normalized spacial score (nSPS) is 12.2. The predicted molar refractivity (Wildman–Crippen MR) is 102 cm³/mol. The molecule has 26 heavy (non-hydrogen) atoms. The molecule has 3 aromatic heterocycles. The number of imidazole rings is 1. The highest BCUT2D eigenvalue weighted by Gasteiger charge is 2.15. The Morgan fingerprint density at radius 3 is 2.65 bits per heavy atom. The van der Waals surface area contributed by atoms with E-state index < -0.39 is 0 Å². The van der Waals surface area contributed by atoms with Gasteiger partial charge in [0.15, 0.2) is 16.5 Å². The van der Waals surface area contributed by atoms with Gasteiger partial charge in [-0.1, -0.05) is 17.4 Å². The van der Waals surface area contributed by atoms with Crippen molar-refractivity contribution in [2.24, 2.45) is 0 Å². The fourth-order valence-corrected chi connectivity index (χ4v) is 3.81. The van der Waals surface area contributed by atoms with Crippen molar-refractivity contribution in [3.63, 3.8) is 0 Å². The molecule has 0 saturated carbocycles. The molecule has 0 amide bonds. The Morgan fingerprint density at radius 2 is 1.96 bits per heavy atom. The predicted octanol–water partition coefficient (Wildman–Crippen LogP) is 2.65. The highest BCUT2D eigenvalue weighted by Crippen LogP contribution is 2.32.